The van der Waals surface area contributed by atoms with Crippen molar-refractivity contribution in [2.45, 2.75) is 32.3 Å². The van der Waals surface area contributed by atoms with Gasteiger partial charge in [0.25, 0.3) is 10.0 Å². The molecule has 0 bridgehead atoms. The molecule has 3 aromatic rings. The topological polar surface area (TPSA) is 81.8 Å². The van der Waals surface area contributed by atoms with E-state index in [0.717, 1.165) is 11.3 Å². The molecule has 0 aliphatic carbocycles. The standard InChI is InChI=1S/C17H20FN5O2S/c1-11-16(9-19-26(24,25)17-10-22(4)13(3)20-17)12(2)23(21-11)15-7-5-14(18)6-8-15/h5-8,10,19H,9H2,1-4H3. The van der Waals surface area contributed by atoms with Gasteiger partial charge in [0.05, 0.1) is 11.4 Å². The first-order chi connectivity index (χ1) is 12.2. The molecule has 0 saturated carbocycles. The van der Waals surface area contributed by atoms with Gasteiger partial charge in [0.2, 0.25) is 0 Å². The van der Waals surface area contributed by atoms with Crippen molar-refractivity contribution < 1.29 is 12.8 Å². The Morgan fingerprint density at radius 3 is 2.38 bits per heavy atom. The lowest BCUT2D eigenvalue weighted by Crippen LogP contribution is -2.24. The molecule has 0 amide bonds. The fourth-order valence-electron chi connectivity index (χ4n) is 2.66. The molecule has 0 saturated heterocycles. The molecule has 0 atom stereocenters. The second-order valence-corrected chi connectivity index (χ2v) is 7.81. The maximum absolute atomic E-state index is 13.1. The lowest BCUT2D eigenvalue weighted by Gasteiger charge is -2.07. The van der Waals surface area contributed by atoms with Gasteiger partial charge >= 0.3 is 0 Å². The number of imidazole rings is 1. The minimum atomic E-state index is -3.72. The van der Waals surface area contributed by atoms with Crippen LogP contribution in [0.15, 0.2) is 35.5 Å². The summed E-state index contributed by atoms with van der Waals surface area (Å²) in [6, 6.07) is 5.97. The van der Waals surface area contributed by atoms with Crippen LogP contribution in [0.3, 0.4) is 0 Å². The van der Waals surface area contributed by atoms with Crippen LogP contribution in [0.2, 0.25) is 0 Å². The molecule has 0 spiro atoms. The first kappa shape index (κ1) is 18.3. The van der Waals surface area contributed by atoms with Crippen LogP contribution in [0, 0.1) is 26.6 Å². The number of benzene rings is 1. The summed E-state index contributed by atoms with van der Waals surface area (Å²) in [5.74, 6) is 0.288. The molecule has 9 heteroatoms. The predicted octanol–water partition coefficient (Wildman–Crippen LogP) is 2.15. The van der Waals surface area contributed by atoms with Crippen molar-refractivity contribution in [1.82, 2.24) is 24.1 Å². The highest BCUT2D eigenvalue weighted by atomic mass is 32.2. The van der Waals surface area contributed by atoms with Crippen molar-refractivity contribution >= 4 is 10.0 Å². The van der Waals surface area contributed by atoms with E-state index in [1.165, 1.54) is 18.3 Å². The van der Waals surface area contributed by atoms with Crippen LogP contribution in [0.4, 0.5) is 4.39 Å². The van der Waals surface area contributed by atoms with E-state index >= 15 is 0 Å². The van der Waals surface area contributed by atoms with Crippen molar-refractivity contribution in [2.75, 3.05) is 0 Å². The van der Waals surface area contributed by atoms with Crippen molar-refractivity contribution in [3.63, 3.8) is 0 Å². The van der Waals surface area contributed by atoms with Crippen molar-refractivity contribution in [3.05, 3.63) is 59.1 Å². The van der Waals surface area contributed by atoms with Gasteiger partial charge in [0, 0.05) is 31.0 Å². The summed E-state index contributed by atoms with van der Waals surface area (Å²) >= 11 is 0. The summed E-state index contributed by atoms with van der Waals surface area (Å²) in [4.78, 5) is 4.06. The molecule has 0 radical (unpaired) electrons. The fourth-order valence-corrected chi connectivity index (χ4v) is 3.69. The Bertz CT molecular complexity index is 1030. The smallest absolute Gasteiger partial charge is 0.259 e. The maximum Gasteiger partial charge on any atom is 0.259 e. The lowest BCUT2D eigenvalue weighted by atomic mass is 10.2. The van der Waals surface area contributed by atoms with Crippen LogP contribution < -0.4 is 4.72 Å². The average Bonchev–Trinajstić information content (AvgIpc) is 3.07. The molecule has 1 N–H and O–H groups in total. The molecular formula is C17H20FN5O2S. The third-order valence-corrected chi connectivity index (χ3v) is 5.58. The monoisotopic (exact) mass is 377 g/mol. The SMILES string of the molecule is Cc1nn(-c2ccc(F)cc2)c(C)c1CNS(=O)(=O)c1cn(C)c(C)n1. The van der Waals surface area contributed by atoms with Gasteiger partial charge in [0.15, 0.2) is 5.03 Å². The summed E-state index contributed by atoms with van der Waals surface area (Å²) < 4.78 is 43.9. The Kier molecular flexibility index (Phi) is 4.68. The summed E-state index contributed by atoms with van der Waals surface area (Å²) in [6.45, 7) is 5.48. The highest BCUT2D eigenvalue weighted by Gasteiger charge is 2.20. The van der Waals surface area contributed by atoms with Crippen molar-refractivity contribution in [3.8, 4) is 5.69 Å². The van der Waals surface area contributed by atoms with Gasteiger partial charge in [-0.25, -0.2) is 27.2 Å². The summed E-state index contributed by atoms with van der Waals surface area (Å²) in [5.41, 5.74) is 2.97. The predicted molar refractivity (Wildman–Crippen MR) is 95.0 cm³/mol. The molecule has 1 aromatic carbocycles. The van der Waals surface area contributed by atoms with Crippen LogP contribution in [0.5, 0.6) is 0 Å². The Morgan fingerprint density at radius 2 is 1.81 bits per heavy atom. The fraction of sp³-hybridized carbons (Fsp3) is 0.294. The van der Waals surface area contributed by atoms with Crippen LogP contribution in [-0.4, -0.2) is 27.7 Å². The van der Waals surface area contributed by atoms with E-state index in [9.17, 15) is 12.8 Å². The number of nitrogens with zero attached hydrogens (tertiary/aromatic N) is 4. The Balaban J connectivity index is 1.85. The number of sulfonamides is 1. The van der Waals surface area contributed by atoms with E-state index in [2.05, 4.69) is 14.8 Å². The second-order valence-electron chi connectivity index (χ2n) is 6.10. The molecule has 0 aliphatic heterocycles. The van der Waals surface area contributed by atoms with Crippen LogP contribution in [0.25, 0.3) is 5.69 Å². The first-order valence-electron chi connectivity index (χ1n) is 7.99. The molecule has 3 rings (SSSR count). The van der Waals surface area contributed by atoms with Gasteiger partial charge in [-0.05, 0) is 45.0 Å². The van der Waals surface area contributed by atoms with Crippen LogP contribution in [0.1, 0.15) is 22.8 Å². The van der Waals surface area contributed by atoms with Crippen molar-refractivity contribution in [1.29, 1.82) is 0 Å². The first-order valence-corrected chi connectivity index (χ1v) is 9.48. The van der Waals surface area contributed by atoms with Gasteiger partial charge in [-0.1, -0.05) is 0 Å². The van der Waals surface area contributed by atoms with E-state index in [1.54, 1.807) is 35.4 Å². The third-order valence-electron chi connectivity index (χ3n) is 4.31. The van der Waals surface area contributed by atoms with E-state index < -0.39 is 10.0 Å². The minimum Gasteiger partial charge on any atom is -0.337 e. The molecule has 7 nitrogen and oxygen atoms in total. The number of nitrogens with one attached hydrogen (secondary N) is 1. The van der Waals surface area contributed by atoms with E-state index in [-0.39, 0.29) is 17.4 Å². The van der Waals surface area contributed by atoms with Crippen LogP contribution in [-0.2, 0) is 23.6 Å². The number of rotatable bonds is 5. The molecule has 2 heterocycles. The molecular weight excluding hydrogens is 357 g/mol. The normalized spacial score (nSPS) is 11.9. The van der Waals surface area contributed by atoms with Crippen LogP contribution >= 0.6 is 0 Å². The highest BCUT2D eigenvalue weighted by Crippen LogP contribution is 2.19. The van der Waals surface area contributed by atoms with Gasteiger partial charge < -0.3 is 4.57 Å². The molecule has 0 unspecified atom stereocenters. The molecule has 0 fully saturated rings. The average molecular weight is 377 g/mol. The van der Waals surface area contributed by atoms with E-state index in [0.29, 0.717) is 17.2 Å². The summed E-state index contributed by atoms with van der Waals surface area (Å²) in [7, 11) is -1.98. The third kappa shape index (κ3) is 3.40. The molecule has 26 heavy (non-hydrogen) atoms. The molecule has 0 aliphatic rings. The molecule has 2 aromatic heterocycles. The highest BCUT2D eigenvalue weighted by molar-refractivity contribution is 7.89. The number of hydrogen-bond acceptors (Lipinski definition) is 4. The zero-order valence-corrected chi connectivity index (χ0v) is 15.8. The molecule has 138 valence electrons. The van der Waals surface area contributed by atoms with E-state index in [4.69, 9.17) is 0 Å². The van der Waals surface area contributed by atoms with E-state index in [1.807, 2.05) is 13.8 Å². The largest absolute Gasteiger partial charge is 0.337 e. The number of halogens is 1. The number of aromatic nitrogens is 4. The number of aryl methyl sites for hydroxylation is 3. The van der Waals surface area contributed by atoms with Crippen molar-refractivity contribution in [2.24, 2.45) is 7.05 Å². The van der Waals surface area contributed by atoms with Gasteiger partial charge in [-0.2, -0.15) is 5.10 Å². The Morgan fingerprint density at radius 1 is 1.15 bits per heavy atom. The number of hydrogen-bond donors (Lipinski definition) is 1. The van der Waals surface area contributed by atoms with Gasteiger partial charge in [0.1, 0.15) is 11.6 Å². The zero-order valence-electron chi connectivity index (χ0n) is 15.0. The summed E-state index contributed by atoms with van der Waals surface area (Å²) in [6.07, 6.45) is 1.47. The Hall–Kier alpha value is -2.52. The van der Waals surface area contributed by atoms with Gasteiger partial charge in [-0.3, -0.25) is 0 Å². The maximum atomic E-state index is 13.1. The minimum absolute atomic E-state index is 0.0151. The lowest BCUT2D eigenvalue weighted by molar-refractivity contribution is 0.577. The second kappa shape index (κ2) is 6.65. The quantitative estimate of drug-likeness (QED) is 0.739. The van der Waals surface area contributed by atoms with Gasteiger partial charge in [-0.15, -0.1) is 0 Å². The zero-order chi connectivity index (χ0) is 19.1. The summed E-state index contributed by atoms with van der Waals surface area (Å²) in [5, 5.41) is 4.43. The Labute approximate surface area is 151 Å².